The maximum absolute atomic E-state index is 13.2. The van der Waals surface area contributed by atoms with E-state index in [1.165, 1.54) is 22.2 Å². The summed E-state index contributed by atoms with van der Waals surface area (Å²) < 4.78 is 1.69. The molecular weight excluding hydrogens is 474 g/mol. The average molecular weight is 492 g/mol. The number of aromatic nitrogens is 2. The summed E-state index contributed by atoms with van der Waals surface area (Å²) in [5.41, 5.74) is 2.50. The molecule has 0 bridgehead atoms. The van der Waals surface area contributed by atoms with E-state index in [4.69, 9.17) is 0 Å². The van der Waals surface area contributed by atoms with Gasteiger partial charge in [-0.25, -0.2) is 4.98 Å². The summed E-state index contributed by atoms with van der Waals surface area (Å²) in [7, 11) is 0. The summed E-state index contributed by atoms with van der Waals surface area (Å²) in [5, 5.41) is 2.71. The first-order chi connectivity index (χ1) is 17.5. The number of ketones is 2. The van der Waals surface area contributed by atoms with E-state index in [1.807, 2.05) is 36.4 Å². The Morgan fingerprint density at radius 2 is 1.53 bits per heavy atom. The summed E-state index contributed by atoms with van der Waals surface area (Å²) in [5.74, 6) is -1.11. The van der Waals surface area contributed by atoms with Crippen LogP contribution in [0.1, 0.15) is 31.8 Å². The van der Waals surface area contributed by atoms with Crippen LogP contribution in [0.4, 0.5) is 5.69 Å². The lowest BCUT2D eigenvalue weighted by Crippen LogP contribution is -2.29. The zero-order valence-electron chi connectivity index (χ0n) is 18.7. The van der Waals surface area contributed by atoms with Gasteiger partial charge in [-0.1, -0.05) is 66.7 Å². The van der Waals surface area contributed by atoms with Gasteiger partial charge in [0, 0.05) is 21.6 Å². The number of amides is 1. The molecule has 1 amide bonds. The Hall–Kier alpha value is -4.69. The van der Waals surface area contributed by atoms with Crippen LogP contribution in [0.3, 0.4) is 0 Å². The van der Waals surface area contributed by atoms with Crippen LogP contribution in [0.25, 0.3) is 20.7 Å². The van der Waals surface area contributed by atoms with E-state index in [1.54, 1.807) is 42.5 Å². The normalized spacial score (nSPS) is 12.3. The lowest BCUT2D eigenvalue weighted by atomic mass is 9.83. The summed E-state index contributed by atoms with van der Waals surface area (Å²) in [6.07, 6.45) is 1.34. The minimum absolute atomic E-state index is 0.154. The van der Waals surface area contributed by atoms with Crippen molar-refractivity contribution in [2.45, 2.75) is 6.54 Å². The SMILES string of the molecule is O=C(Cn1cnc2cc(-c3ccccc3)sc2c1=O)Nc1cccc2c1C(=O)c1ccccc1C2=O. The smallest absolute Gasteiger partial charge is 0.271 e. The minimum atomic E-state index is -0.509. The Labute approximate surface area is 208 Å². The highest BCUT2D eigenvalue weighted by Gasteiger charge is 2.31. The highest BCUT2D eigenvalue weighted by molar-refractivity contribution is 7.22. The lowest BCUT2D eigenvalue weighted by molar-refractivity contribution is -0.116. The molecule has 1 aliphatic rings. The topological polar surface area (TPSA) is 98.1 Å². The molecule has 0 unspecified atom stereocenters. The van der Waals surface area contributed by atoms with E-state index in [-0.39, 0.29) is 40.5 Å². The van der Waals surface area contributed by atoms with Crippen molar-refractivity contribution in [2.24, 2.45) is 0 Å². The molecule has 0 fully saturated rings. The molecule has 8 heteroatoms. The van der Waals surface area contributed by atoms with Crippen molar-refractivity contribution in [3.63, 3.8) is 0 Å². The van der Waals surface area contributed by atoms with Crippen molar-refractivity contribution in [1.82, 2.24) is 9.55 Å². The zero-order chi connectivity index (χ0) is 24.8. The van der Waals surface area contributed by atoms with E-state index in [0.717, 1.165) is 10.4 Å². The molecule has 0 spiro atoms. The molecule has 2 heterocycles. The number of rotatable bonds is 4. The third-order valence-corrected chi connectivity index (χ3v) is 7.26. The number of hydrogen-bond donors (Lipinski definition) is 1. The van der Waals surface area contributed by atoms with Crippen molar-refractivity contribution in [1.29, 1.82) is 0 Å². The highest BCUT2D eigenvalue weighted by atomic mass is 32.1. The Morgan fingerprint density at radius 1 is 0.833 bits per heavy atom. The quantitative estimate of drug-likeness (QED) is 0.391. The largest absolute Gasteiger partial charge is 0.324 e. The number of anilines is 1. The summed E-state index contributed by atoms with van der Waals surface area (Å²) in [6, 6.07) is 22.9. The van der Waals surface area contributed by atoms with Gasteiger partial charge in [-0.3, -0.25) is 23.7 Å². The second-order valence-electron chi connectivity index (χ2n) is 8.35. The van der Waals surface area contributed by atoms with E-state index in [9.17, 15) is 19.2 Å². The predicted molar refractivity (Wildman–Crippen MR) is 138 cm³/mol. The number of nitrogens with one attached hydrogen (secondary N) is 1. The van der Waals surface area contributed by atoms with Gasteiger partial charge in [-0.05, 0) is 17.7 Å². The fourth-order valence-electron chi connectivity index (χ4n) is 4.40. The van der Waals surface area contributed by atoms with Crippen molar-refractivity contribution >= 4 is 44.7 Å². The van der Waals surface area contributed by atoms with E-state index >= 15 is 0 Å². The second-order valence-corrected chi connectivity index (χ2v) is 9.40. The van der Waals surface area contributed by atoms with Crippen LogP contribution in [0, 0.1) is 0 Å². The van der Waals surface area contributed by atoms with Crippen molar-refractivity contribution in [3.05, 3.63) is 118 Å². The van der Waals surface area contributed by atoms with Gasteiger partial charge in [0.2, 0.25) is 5.91 Å². The summed E-state index contributed by atoms with van der Waals surface area (Å²) in [6.45, 7) is -0.289. The van der Waals surface area contributed by atoms with Crippen LogP contribution in [-0.2, 0) is 11.3 Å². The molecule has 1 N–H and O–H groups in total. The van der Waals surface area contributed by atoms with Crippen LogP contribution in [0.2, 0.25) is 0 Å². The molecule has 0 saturated heterocycles. The molecule has 36 heavy (non-hydrogen) atoms. The summed E-state index contributed by atoms with van der Waals surface area (Å²) >= 11 is 1.33. The molecule has 0 atom stereocenters. The van der Waals surface area contributed by atoms with Crippen LogP contribution in [0.5, 0.6) is 0 Å². The average Bonchev–Trinajstić information content (AvgIpc) is 3.35. The van der Waals surface area contributed by atoms with E-state index in [0.29, 0.717) is 21.3 Å². The molecule has 0 aliphatic heterocycles. The third kappa shape index (κ3) is 3.55. The molecule has 2 aromatic heterocycles. The molecule has 0 radical (unpaired) electrons. The number of benzene rings is 3. The maximum atomic E-state index is 13.2. The number of thiophene rings is 1. The highest BCUT2D eigenvalue weighted by Crippen LogP contribution is 2.32. The third-order valence-electron chi connectivity index (χ3n) is 6.10. The number of hydrogen-bond acceptors (Lipinski definition) is 6. The van der Waals surface area contributed by atoms with Gasteiger partial charge >= 0.3 is 0 Å². The van der Waals surface area contributed by atoms with Crippen LogP contribution in [-0.4, -0.2) is 27.0 Å². The van der Waals surface area contributed by atoms with E-state index in [2.05, 4.69) is 10.3 Å². The fraction of sp³-hybridized carbons (Fsp3) is 0.0357. The van der Waals surface area contributed by atoms with Crippen LogP contribution >= 0.6 is 11.3 Å². The number of nitrogens with zero attached hydrogens (tertiary/aromatic N) is 2. The first kappa shape index (κ1) is 21.8. The lowest BCUT2D eigenvalue weighted by Gasteiger charge is -2.20. The monoisotopic (exact) mass is 491 g/mol. The van der Waals surface area contributed by atoms with Gasteiger partial charge in [0.05, 0.1) is 23.1 Å². The zero-order valence-corrected chi connectivity index (χ0v) is 19.5. The molecule has 174 valence electrons. The standard InChI is InChI=1S/C28H17N3O4S/c32-23(14-31-15-29-21-13-22(36-27(21)28(31)35)16-7-2-1-3-8-16)30-20-12-6-11-19-24(20)26(34)18-10-5-4-9-17(18)25(19)33/h1-13,15H,14H2,(H,30,32). The Morgan fingerprint density at radius 3 is 2.31 bits per heavy atom. The maximum Gasteiger partial charge on any atom is 0.271 e. The van der Waals surface area contributed by atoms with Crippen molar-refractivity contribution in [2.75, 3.05) is 5.32 Å². The number of carbonyl (C=O) groups is 3. The van der Waals surface area contributed by atoms with Crippen molar-refractivity contribution < 1.29 is 14.4 Å². The van der Waals surface area contributed by atoms with Gasteiger partial charge in [0.15, 0.2) is 11.6 Å². The first-order valence-electron chi connectivity index (χ1n) is 11.2. The minimum Gasteiger partial charge on any atom is -0.324 e. The first-order valence-corrected chi connectivity index (χ1v) is 12.0. The molecule has 6 rings (SSSR count). The van der Waals surface area contributed by atoms with Gasteiger partial charge in [-0.15, -0.1) is 11.3 Å². The number of carbonyl (C=O) groups excluding carboxylic acids is 3. The Bertz CT molecular complexity index is 1770. The Balaban J connectivity index is 1.29. The van der Waals surface area contributed by atoms with Crippen LogP contribution < -0.4 is 10.9 Å². The molecule has 5 aromatic rings. The Kier molecular flexibility index (Phi) is 5.16. The molecule has 0 saturated carbocycles. The fourth-order valence-corrected chi connectivity index (χ4v) is 5.46. The van der Waals surface area contributed by atoms with Gasteiger partial charge in [0.1, 0.15) is 11.2 Å². The van der Waals surface area contributed by atoms with E-state index < -0.39 is 5.91 Å². The van der Waals surface area contributed by atoms with Gasteiger partial charge < -0.3 is 5.32 Å². The molecule has 7 nitrogen and oxygen atoms in total. The van der Waals surface area contributed by atoms with Crippen molar-refractivity contribution in [3.8, 4) is 10.4 Å². The van der Waals surface area contributed by atoms with Gasteiger partial charge in [0.25, 0.3) is 5.56 Å². The molecule has 1 aliphatic carbocycles. The second kappa shape index (κ2) is 8.51. The predicted octanol–water partition coefficient (Wildman–Crippen LogP) is 4.54. The number of fused-ring (bicyclic) bond motifs is 3. The van der Waals surface area contributed by atoms with Crippen LogP contribution in [0.15, 0.2) is 90.0 Å². The molecular formula is C28H17N3O4S. The van der Waals surface area contributed by atoms with Gasteiger partial charge in [-0.2, -0.15) is 0 Å². The summed E-state index contributed by atoms with van der Waals surface area (Å²) in [4.78, 5) is 57.4. The molecule has 3 aromatic carbocycles.